The van der Waals surface area contributed by atoms with Crippen molar-refractivity contribution in [2.45, 2.75) is 19.3 Å². The molecule has 45 heavy (non-hydrogen) atoms. The molecule has 0 fully saturated rings. The molecule has 0 N–H and O–H groups in total. The van der Waals surface area contributed by atoms with E-state index in [0.29, 0.717) is 0 Å². The maximum Gasteiger partial charge on any atom is 0.0165 e. The van der Waals surface area contributed by atoms with Gasteiger partial charge in [-0.2, -0.15) is 0 Å². The summed E-state index contributed by atoms with van der Waals surface area (Å²) >= 11 is 0. The van der Waals surface area contributed by atoms with Crippen molar-refractivity contribution in [2.24, 2.45) is 0 Å². The van der Waals surface area contributed by atoms with E-state index in [1.165, 1.54) is 98.0 Å². The molecule has 0 aliphatic heterocycles. The van der Waals surface area contributed by atoms with E-state index in [1.54, 1.807) is 0 Å². The maximum absolute atomic E-state index is 2.46. The first-order valence-corrected chi connectivity index (χ1v) is 15.9. The summed E-state index contributed by atoms with van der Waals surface area (Å²) in [7, 11) is 0. The van der Waals surface area contributed by atoms with Gasteiger partial charge in [0.1, 0.15) is 0 Å². The van der Waals surface area contributed by atoms with Gasteiger partial charge in [0.2, 0.25) is 0 Å². The Morgan fingerprint density at radius 1 is 0.378 bits per heavy atom. The third-order valence-corrected chi connectivity index (χ3v) is 10.6. The molecule has 0 amide bonds. The van der Waals surface area contributed by atoms with Crippen molar-refractivity contribution in [1.29, 1.82) is 0 Å². The molecule has 0 aromatic heterocycles. The minimum atomic E-state index is -0.116. The molecule has 0 unspecified atom stereocenters. The van der Waals surface area contributed by atoms with E-state index in [0.717, 1.165) is 0 Å². The van der Waals surface area contributed by atoms with Gasteiger partial charge in [-0.15, -0.1) is 0 Å². The Labute approximate surface area is 262 Å². The van der Waals surface area contributed by atoms with Crippen LogP contribution in [0.5, 0.6) is 0 Å². The average Bonchev–Trinajstić information content (AvgIpc) is 3.34. The lowest BCUT2D eigenvalue weighted by Gasteiger charge is -2.24. The topological polar surface area (TPSA) is 0 Å². The molecule has 0 nitrogen and oxygen atoms in total. The van der Waals surface area contributed by atoms with Gasteiger partial charge < -0.3 is 0 Å². The van der Waals surface area contributed by atoms with E-state index in [4.69, 9.17) is 0 Å². The Balaban J connectivity index is 1.31. The molecule has 0 bridgehead atoms. The molecular formula is C45H30. The largest absolute Gasteiger partial charge is 0.0616 e. The molecule has 0 atom stereocenters. The molecule has 10 rings (SSSR count). The van der Waals surface area contributed by atoms with Crippen LogP contribution in [-0.2, 0) is 5.41 Å². The number of hydrogen-bond donors (Lipinski definition) is 0. The van der Waals surface area contributed by atoms with Crippen LogP contribution < -0.4 is 0 Å². The Morgan fingerprint density at radius 3 is 1.78 bits per heavy atom. The molecular weight excluding hydrogens is 540 g/mol. The Hall–Kier alpha value is -5.46. The second-order valence-corrected chi connectivity index (χ2v) is 13.2. The van der Waals surface area contributed by atoms with Crippen LogP contribution in [0.1, 0.15) is 25.0 Å². The molecule has 0 heteroatoms. The zero-order valence-electron chi connectivity index (χ0n) is 25.4. The van der Waals surface area contributed by atoms with E-state index in [9.17, 15) is 0 Å². The summed E-state index contributed by atoms with van der Waals surface area (Å²) in [6.45, 7) is 4.82. The summed E-state index contributed by atoms with van der Waals surface area (Å²) in [5, 5.41) is 15.8. The van der Waals surface area contributed by atoms with Crippen LogP contribution in [0.4, 0.5) is 0 Å². The summed E-state index contributed by atoms with van der Waals surface area (Å²) in [4.78, 5) is 0. The second-order valence-electron chi connectivity index (χ2n) is 13.2. The predicted octanol–water partition coefficient (Wildman–Crippen LogP) is 12.6. The third-order valence-electron chi connectivity index (χ3n) is 10.6. The van der Waals surface area contributed by atoms with Crippen molar-refractivity contribution in [2.75, 3.05) is 0 Å². The summed E-state index contributed by atoms with van der Waals surface area (Å²) in [6.07, 6.45) is 0. The number of benzene rings is 9. The Kier molecular flexibility index (Phi) is 4.88. The molecule has 0 saturated heterocycles. The molecule has 9 aromatic carbocycles. The molecule has 1 aliphatic rings. The first kappa shape index (κ1) is 24.9. The van der Waals surface area contributed by atoms with Gasteiger partial charge in [-0.05, 0) is 110 Å². The third kappa shape index (κ3) is 3.27. The second kappa shape index (κ2) is 8.80. The number of rotatable bonds is 1. The van der Waals surface area contributed by atoms with Gasteiger partial charge in [0, 0.05) is 5.41 Å². The fourth-order valence-electron chi connectivity index (χ4n) is 8.58. The number of fused-ring (bicyclic) bond motifs is 15. The lowest BCUT2D eigenvalue weighted by molar-refractivity contribution is 0.667. The van der Waals surface area contributed by atoms with Gasteiger partial charge in [-0.3, -0.25) is 0 Å². The zero-order chi connectivity index (χ0) is 29.9. The quantitative estimate of drug-likeness (QED) is 0.172. The summed E-state index contributed by atoms with van der Waals surface area (Å²) in [6, 6.07) is 54.5. The normalized spacial score (nSPS) is 13.7. The fraction of sp³-hybridized carbons (Fsp3) is 0.0667. The van der Waals surface area contributed by atoms with Gasteiger partial charge in [0.15, 0.2) is 0 Å². The van der Waals surface area contributed by atoms with Crippen molar-refractivity contribution >= 4 is 64.6 Å². The summed E-state index contributed by atoms with van der Waals surface area (Å²) in [5.41, 5.74) is 8.12. The van der Waals surface area contributed by atoms with Crippen LogP contribution in [0.3, 0.4) is 0 Å². The monoisotopic (exact) mass is 570 g/mol. The van der Waals surface area contributed by atoms with Crippen LogP contribution in [0.25, 0.3) is 86.9 Å². The average molecular weight is 571 g/mol. The summed E-state index contributed by atoms with van der Waals surface area (Å²) in [5.74, 6) is 0. The first-order chi connectivity index (χ1) is 22.1. The SMILES string of the molecule is CC1(C)c2ccc3ccccc3c2-c2c1c1ccc(-c3cc4ccc5ccccc5c4c4ccccc34)cc1c1ccccc21. The minimum absolute atomic E-state index is 0.116. The summed E-state index contributed by atoms with van der Waals surface area (Å²) < 4.78 is 0. The molecule has 9 aromatic rings. The highest BCUT2D eigenvalue weighted by Crippen LogP contribution is 2.56. The molecule has 1 aliphatic carbocycles. The Bertz CT molecular complexity index is 2720. The molecule has 210 valence electrons. The van der Waals surface area contributed by atoms with Crippen LogP contribution in [0.2, 0.25) is 0 Å². The first-order valence-electron chi connectivity index (χ1n) is 15.9. The van der Waals surface area contributed by atoms with E-state index in [2.05, 4.69) is 159 Å². The highest BCUT2D eigenvalue weighted by molar-refractivity contribution is 6.25. The lowest BCUT2D eigenvalue weighted by Crippen LogP contribution is -2.15. The fourth-order valence-corrected chi connectivity index (χ4v) is 8.58. The van der Waals surface area contributed by atoms with Crippen molar-refractivity contribution < 1.29 is 0 Å². The lowest BCUT2D eigenvalue weighted by atomic mass is 9.78. The highest BCUT2D eigenvalue weighted by atomic mass is 14.4. The van der Waals surface area contributed by atoms with Gasteiger partial charge in [-0.1, -0.05) is 147 Å². The van der Waals surface area contributed by atoms with Gasteiger partial charge in [0.05, 0.1) is 0 Å². The van der Waals surface area contributed by atoms with E-state index >= 15 is 0 Å². The Morgan fingerprint density at radius 2 is 0.978 bits per heavy atom. The molecule has 0 spiro atoms. The van der Waals surface area contributed by atoms with Crippen LogP contribution >= 0.6 is 0 Å². The van der Waals surface area contributed by atoms with Crippen molar-refractivity contribution in [1.82, 2.24) is 0 Å². The standard InChI is InChI=1S/C45H30/c1-45(2)40-24-22-28-12-4-6-14-32(28)42(40)43-36-18-10-8-16-34(36)39-25-29(21-23-37(39)44(43)45)38-26-30-20-19-27-11-3-5-13-31(27)41(30)35-17-9-7-15-33(35)38/h3-26H,1-2H3. The van der Waals surface area contributed by atoms with Gasteiger partial charge >= 0.3 is 0 Å². The van der Waals surface area contributed by atoms with Crippen LogP contribution in [0, 0.1) is 0 Å². The smallest absolute Gasteiger partial charge is 0.0165 e. The van der Waals surface area contributed by atoms with E-state index in [1.807, 2.05) is 0 Å². The maximum atomic E-state index is 2.46. The van der Waals surface area contributed by atoms with Crippen LogP contribution in [0.15, 0.2) is 146 Å². The minimum Gasteiger partial charge on any atom is -0.0616 e. The molecule has 0 heterocycles. The van der Waals surface area contributed by atoms with E-state index in [-0.39, 0.29) is 5.41 Å². The molecule has 0 saturated carbocycles. The van der Waals surface area contributed by atoms with Gasteiger partial charge in [0.25, 0.3) is 0 Å². The van der Waals surface area contributed by atoms with Crippen molar-refractivity contribution in [3.63, 3.8) is 0 Å². The van der Waals surface area contributed by atoms with Crippen molar-refractivity contribution in [3.8, 4) is 22.3 Å². The van der Waals surface area contributed by atoms with Crippen LogP contribution in [-0.4, -0.2) is 0 Å². The molecule has 0 radical (unpaired) electrons. The van der Waals surface area contributed by atoms with Gasteiger partial charge in [-0.25, -0.2) is 0 Å². The van der Waals surface area contributed by atoms with E-state index < -0.39 is 0 Å². The van der Waals surface area contributed by atoms with Crippen molar-refractivity contribution in [3.05, 3.63) is 157 Å². The highest BCUT2D eigenvalue weighted by Gasteiger charge is 2.39. The number of hydrogen-bond acceptors (Lipinski definition) is 0. The predicted molar refractivity (Wildman–Crippen MR) is 194 cm³/mol. The zero-order valence-corrected chi connectivity index (χ0v) is 25.4.